The molecule has 2 aromatic heterocycles. The predicted molar refractivity (Wildman–Crippen MR) is 115 cm³/mol. The standard InChI is InChI=1S/C22H34N6O2/c1-4-22(14-29)13-28(11-10-19(22)24-17-8-6-5-7-9-17)20-18(12-15(2)25-26-20)21-23-16(3)27-30-21/h12,17,19,24,29H,4-11,13-14H2,1-3H3. The Morgan fingerprint density at radius 2 is 2.00 bits per heavy atom. The van der Waals surface area contributed by atoms with E-state index in [-0.39, 0.29) is 12.0 Å². The van der Waals surface area contributed by atoms with Crippen LogP contribution >= 0.6 is 0 Å². The van der Waals surface area contributed by atoms with Gasteiger partial charge in [-0.25, -0.2) is 0 Å². The van der Waals surface area contributed by atoms with E-state index in [0.29, 0.717) is 23.8 Å². The van der Waals surface area contributed by atoms with E-state index in [9.17, 15) is 5.11 Å². The van der Waals surface area contributed by atoms with Gasteiger partial charge < -0.3 is 19.8 Å². The second kappa shape index (κ2) is 8.98. The second-order valence-corrected chi connectivity index (χ2v) is 9.01. The zero-order chi connectivity index (χ0) is 21.1. The molecule has 1 saturated heterocycles. The number of hydrogen-bond donors (Lipinski definition) is 2. The van der Waals surface area contributed by atoms with Gasteiger partial charge in [0, 0.05) is 30.6 Å². The molecule has 2 unspecified atom stereocenters. The largest absolute Gasteiger partial charge is 0.396 e. The van der Waals surface area contributed by atoms with Gasteiger partial charge in [-0.2, -0.15) is 10.1 Å². The van der Waals surface area contributed by atoms with Crippen LogP contribution in [0, 0.1) is 19.3 Å². The molecule has 2 aliphatic rings. The van der Waals surface area contributed by atoms with E-state index < -0.39 is 0 Å². The maximum absolute atomic E-state index is 10.5. The molecule has 2 fully saturated rings. The third kappa shape index (κ3) is 4.21. The van der Waals surface area contributed by atoms with E-state index in [4.69, 9.17) is 4.52 Å². The van der Waals surface area contributed by atoms with E-state index in [1.54, 1.807) is 0 Å². The van der Waals surface area contributed by atoms with Crippen LogP contribution in [0.25, 0.3) is 11.5 Å². The minimum absolute atomic E-state index is 0.151. The molecule has 0 amide bonds. The van der Waals surface area contributed by atoms with Crippen LogP contribution < -0.4 is 10.2 Å². The van der Waals surface area contributed by atoms with Gasteiger partial charge in [-0.3, -0.25) is 0 Å². The van der Waals surface area contributed by atoms with Crippen LogP contribution in [-0.4, -0.2) is 57.2 Å². The number of anilines is 1. The lowest BCUT2D eigenvalue weighted by atomic mass is 9.73. The summed E-state index contributed by atoms with van der Waals surface area (Å²) in [6.45, 7) is 7.63. The van der Waals surface area contributed by atoms with Crippen molar-refractivity contribution in [1.82, 2.24) is 25.7 Å². The normalized spacial score (nSPS) is 25.6. The Morgan fingerprint density at radius 1 is 1.20 bits per heavy atom. The van der Waals surface area contributed by atoms with Gasteiger partial charge in [0.15, 0.2) is 11.6 Å². The molecule has 8 heteroatoms. The van der Waals surface area contributed by atoms with Crippen molar-refractivity contribution >= 4 is 5.82 Å². The van der Waals surface area contributed by atoms with E-state index in [2.05, 4.69) is 37.5 Å². The molecule has 0 aromatic carbocycles. The summed E-state index contributed by atoms with van der Waals surface area (Å²) >= 11 is 0. The van der Waals surface area contributed by atoms with Gasteiger partial charge >= 0.3 is 0 Å². The Hall–Kier alpha value is -2.06. The first kappa shape index (κ1) is 21.2. The van der Waals surface area contributed by atoms with Crippen molar-refractivity contribution < 1.29 is 9.63 Å². The van der Waals surface area contributed by atoms with Crippen LogP contribution in [0.3, 0.4) is 0 Å². The first-order chi connectivity index (χ1) is 14.5. The Balaban J connectivity index is 1.60. The predicted octanol–water partition coefficient (Wildman–Crippen LogP) is 3.03. The summed E-state index contributed by atoms with van der Waals surface area (Å²) in [6, 6.07) is 2.83. The van der Waals surface area contributed by atoms with Gasteiger partial charge in [-0.05, 0) is 45.6 Å². The lowest BCUT2D eigenvalue weighted by molar-refractivity contribution is 0.0561. The molecule has 0 spiro atoms. The van der Waals surface area contributed by atoms with Crippen molar-refractivity contribution in [2.45, 2.75) is 77.8 Å². The third-order valence-corrected chi connectivity index (χ3v) is 6.95. The highest BCUT2D eigenvalue weighted by Crippen LogP contribution is 2.38. The average molecular weight is 415 g/mol. The maximum atomic E-state index is 10.5. The van der Waals surface area contributed by atoms with Crippen molar-refractivity contribution in [3.05, 3.63) is 17.6 Å². The molecule has 3 heterocycles. The SMILES string of the molecule is CCC1(CO)CN(c2nnc(C)cc2-c2nc(C)no2)CCC1NC1CCCCC1. The smallest absolute Gasteiger partial charge is 0.261 e. The zero-order valence-electron chi connectivity index (χ0n) is 18.4. The summed E-state index contributed by atoms with van der Waals surface area (Å²) in [5.74, 6) is 1.82. The van der Waals surface area contributed by atoms with Crippen molar-refractivity contribution in [2.75, 3.05) is 24.6 Å². The molecule has 0 bridgehead atoms. The van der Waals surface area contributed by atoms with Crippen molar-refractivity contribution in [1.29, 1.82) is 0 Å². The molecule has 4 rings (SSSR count). The highest BCUT2D eigenvalue weighted by Gasteiger charge is 2.43. The van der Waals surface area contributed by atoms with Crippen LogP contribution in [0.15, 0.2) is 10.6 Å². The van der Waals surface area contributed by atoms with Gasteiger partial charge in [-0.15, -0.1) is 5.10 Å². The van der Waals surface area contributed by atoms with Crippen molar-refractivity contribution in [3.63, 3.8) is 0 Å². The maximum Gasteiger partial charge on any atom is 0.261 e. The second-order valence-electron chi connectivity index (χ2n) is 9.01. The monoisotopic (exact) mass is 414 g/mol. The molecule has 1 aliphatic heterocycles. The number of aryl methyl sites for hydroxylation is 2. The van der Waals surface area contributed by atoms with Gasteiger partial charge in [0.1, 0.15) is 0 Å². The van der Waals surface area contributed by atoms with Gasteiger partial charge in [0.2, 0.25) is 0 Å². The number of rotatable bonds is 6. The quantitative estimate of drug-likeness (QED) is 0.744. The first-order valence-corrected chi connectivity index (χ1v) is 11.3. The van der Waals surface area contributed by atoms with E-state index in [1.807, 2.05) is 19.9 Å². The van der Waals surface area contributed by atoms with Gasteiger partial charge in [0.25, 0.3) is 5.89 Å². The first-order valence-electron chi connectivity index (χ1n) is 11.3. The van der Waals surface area contributed by atoms with E-state index in [1.165, 1.54) is 32.1 Å². The summed E-state index contributed by atoms with van der Waals surface area (Å²) < 4.78 is 5.45. The van der Waals surface area contributed by atoms with Crippen LogP contribution in [0.2, 0.25) is 0 Å². The minimum atomic E-state index is -0.218. The Labute approximate surface area is 178 Å². The highest BCUT2D eigenvalue weighted by atomic mass is 16.5. The lowest BCUT2D eigenvalue weighted by Crippen LogP contribution is -2.60. The number of hydrogen-bond acceptors (Lipinski definition) is 8. The molecular weight excluding hydrogens is 380 g/mol. The molecule has 1 aliphatic carbocycles. The van der Waals surface area contributed by atoms with Crippen LogP contribution in [0.5, 0.6) is 0 Å². The topological polar surface area (TPSA) is 100 Å². The van der Waals surface area contributed by atoms with Crippen LogP contribution in [-0.2, 0) is 0 Å². The van der Waals surface area contributed by atoms with Crippen LogP contribution in [0.1, 0.15) is 63.4 Å². The van der Waals surface area contributed by atoms with Gasteiger partial charge in [0.05, 0.1) is 17.9 Å². The fourth-order valence-electron chi connectivity index (χ4n) is 5.07. The summed E-state index contributed by atoms with van der Waals surface area (Å²) in [6.07, 6.45) is 8.31. The number of piperidine rings is 1. The number of nitrogens with one attached hydrogen (secondary N) is 1. The fraction of sp³-hybridized carbons (Fsp3) is 0.727. The molecule has 8 nitrogen and oxygen atoms in total. The molecule has 2 N–H and O–H groups in total. The number of aromatic nitrogens is 4. The number of nitrogens with zero attached hydrogens (tertiary/aromatic N) is 5. The Bertz CT molecular complexity index is 844. The van der Waals surface area contributed by atoms with E-state index in [0.717, 1.165) is 43.0 Å². The van der Waals surface area contributed by atoms with Crippen LogP contribution in [0.4, 0.5) is 5.82 Å². The lowest BCUT2D eigenvalue weighted by Gasteiger charge is -2.49. The molecular formula is C22H34N6O2. The molecule has 30 heavy (non-hydrogen) atoms. The Morgan fingerprint density at radius 3 is 2.67 bits per heavy atom. The number of aliphatic hydroxyl groups excluding tert-OH is 1. The van der Waals surface area contributed by atoms with Crippen molar-refractivity contribution in [2.24, 2.45) is 5.41 Å². The highest BCUT2D eigenvalue weighted by molar-refractivity contribution is 5.70. The third-order valence-electron chi connectivity index (χ3n) is 6.95. The summed E-state index contributed by atoms with van der Waals surface area (Å²) in [4.78, 5) is 6.65. The molecule has 0 radical (unpaired) electrons. The molecule has 2 atom stereocenters. The summed E-state index contributed by atoms with van der Waals surface area (Å²) in [5, 5.41) is 27.2. The average Bonchev–Trinajstić information content (AvgIpc) is 3.21. The zero-order valence-corrected chi connectivity index (χ0v) is 18.4. The molecule has 164 valence electrons. The molecule has 1 saturated carbocycles. The Kier molecular flexibility index (Phi) is 6.34. The summed E-state index contributed by atoms with van der Waals surface area (Å²) in [7, 11) is 0. The van der Waals surface area contributed by atoms with Gasteiger partial charge in [-0.1, -0.05) is 31.3 Å². The van der Waals surface area contributed by atoms with E-state index >= 15 is 0 Å². The molecule has 2 aromatic rings. The van der Waals surface area contributed by atoms with Crippen molar-refractivity contribution in [3.8, 4) is 11.5 Å². The minimum Gasteiger partial charge on any atom is -0.396 e. The number of aliphatic hydroxyl groups is 1. The summed E-state index contributed by atoms with van der Waals surface area (Å²) in [5.41, 5.74) is 1.40. The fourth-order valence-corrected chi connectivity index (χ4v) is 5.07.